The third-order valence-electron chi connectivity index (χ3n) is 2.18. The van der Waals surface area contributed by atoms with Gasteiger partial charge in [0.05, 0.1) is 13.2 Å². The Labute approximate surface area is 47.8 Å². The van der Waals surface area contributed by atoms with E-state index in [9.17, 15) is 4.79 Å². The van der Waals surface area contributed by atoms with Crippen LogP contribution in [0.25, 0.3) is 0 Å². The highest BCUT2D eigenvalue weighted by Gasteiger charge is 2.53. The molecule has 1 aliphatic heterocycles. The van der Waals surface area contributed by atoms with Crippen molar-refractivity contribution in [3.05, 3.63) is 0 Å². The van der Waals surface area contributed by atoms with Gasteiger partial charge in [0.2, 0.25) is 0 Å². The molecule has 0 aromatic heterocycles. The highest BCUT2D eigenvalue weighted by molar-refractivity contribution is 5.60. The fourth-order valence-electron chi connectivity index (χ4n) is 1.49. The van der Waals surface area contributed by atoms with Crippen molar-refractivity contribution in [1.82, 2.24) is 0 Å². The smallest absolute Gasteiger partial charge is 0.123 e. The molecule has 2 atom stereocenters. The third kappa shape index (κ3) is 0.388. The van der Waals surface area contributed by atoms with Gasteiger partial charge in [-0.2, -0.15) is 0 Å². The normalized spacial score (nSPS) is 50.8. The van der Waals surface area contributed by atoms with Crippen molar-refractivity contribution < 1.29 is 9.53 Å². The first-order valence-corrected chi connectivity index (χ1v) is 2.96. The summed E-state index contributed by atoms with van der Waals surface area (Å²) in [6.45, 7) is 1.65. The van der Waals surface area contributed by atoms with E-state index in [1.54, 1.807) is 0 Å². The lowest BCUT2D eigenvalue weighted by molar-refractivity contribution is -0.110. The zero-order chi connectivity index (χ0) is 5.56. The number of ether oxygens (including phenoxy) is 1. The number of aldehydes is 1. The van der Waals surface area contributed by atoms with Crippen molar-refractivity contribution in [2.75, 3.05) is 13.2 Å². The van der Waals surface area contributed by atoms with Crippen LogP contribution in [0.5, 0.6) is 0 Å². The van der Waals surface area contributed by atoms with Crippen molar-refractivity contribution in [2.45, 2.75) is 0 Å². The average molecular weight is 112 g/mol. The molecule has 2 heteroatoms. The maximum absolute atomic E-state index is 10.1. The number of rotatable bonds is 1. The number of fused-ring (bicyclic) bond motifs is 1. The van der Waals surface area contributed by atoms with Crippen LogP contribution in [-0.2, 0) is 9.53 Å². The van der Waals surface area contributed by atoms with E-state index in [4.69, 9.17) is 4.74 Å². The van der Waals surface area contributed by atoms with E-state index >= 15 is 0 Å². The summed E-state index contributed by atoms with van der Waals surface area (Å²) in [7, 11) is 0. The van der Waals surface area contributed by atoms with Crippen LogP contribution in [0.4, 0.5) is 0 Å². The number of hydrogen-bond donors (Lipinski definition) is 0. The largest absolute Gasteiger partial charge is 0.381 e. The molecule has 0 amide bonds. The highest BCUT2D eigenvalue weighted by Crippen LogP contribution is 2.48. The summed E-state index contributed by atoms with van der Waals surface area (Å²) in [5, 5.41) is 0. The number of hydrogen-bond acceptors (Lipinski definition) is 2. The number of carbonyl (C=O) groups is 1. The molecule has 2 nitrogen and oxygen atoms in total. The highest BCUT2D eigenvalue weighted by atomic mass is 16.5. The lowest BCUT2D eigenvalue weighted by atomic mass is 10.3. The Balaban J connectivity index is 2.03. The van der Waals surface area contributed by atoms with Gasteiger partial charge in [-0.1, -0.05) is 0 Å². The Morgan fingerprint density at radius 2 is 2.00 bits per heavy atom. The fraction of sp³-hybridized carbons (Fsp3) is 0.833. The first-order chi connectivity index (χ1) is 3.93. The fourth-order valence-corrected chi connectivity index (χ4v) is 1.49. The lowest BCUT2D eigenvalue weighted by Crippen LogP contribution is -1.97. The van der Waals surface area contributed by atoms with Crippen molar-refractivity contribution in [3.8, 4) is 0 Å². The van der Waals surface area contributed by atoms with Crippen LogP contribution >= 0.6 is 0 Å². The molecule has 1 saturated heterocycles. The summed E-state index contributed by atoms with van der Waals surface area (Å²) in [6, 6.07) is 0. The van der Waals surface area contributed by atoms with Crippen molar-refractivity contribution >= 4 is 6.29 Å². The van der Waals surface area contributed by atoms with Gasteiger partial charge in [-0.15, -0.1) is 0 Å². The van der Waals surface area contributed by atoms with Crippen molar-refractivity contribution in [3.63, 3.8) is 0 Å². The van der Waals surface area contributed by atoms with Gasteiger partial charge in [-0.25, -0.2) is 0 Å². The van der Waals surface area contributed by atoms with Gasteiger partial charge in [0.1, 0.15) is 6.29 Å². The van der Waals surface area contributed by atoms with E-state index in [-0.39, 0.29) is 0 Å². The summed E-state index contributed by atoms with van der Waals surface area (Å²) < 4.78 is 5.08. The summed E-state index contributed by atoms with van der Waals surface area (Å²) >= 11 is 0. The van der Waals surface area contributed by atoms with Crippen LogP contribution in [0, 0.1) is 17.8 Å². The molecule has 0 bridgehead atoms. The lowest BCUT2D eigenvalue weighted by Gasteiger charge is -1.92. The molecule has 8 heavy (non-hydrogen) atoms. The van der Waals surface area contributed by atoms with E-state index in [0.29, 0.717) is 17.8 Å². The molecule has 44 valence electrons. The van der Waals surface area contributed by atoms with Gasteiger partial charge in [-0.05, 0) is 11.8 Å². The Hall–Kier alpha value is -0.370. The third-order valence-corrected chi connectivity index (χ3v) is 2.18. The molecular formula is C6H8O2. The second-order valence-corrected chi connectivity index (χ2v) is 2.58. The summed E-state index contributed by atoms with van der Waals surface area (Å²) in [5.74, 6) is 1.57. The van der Waals surface area contributed by atoms with Crippen LogP contribution in [0.2, 0.25) is 0 Å². The van der Waals surface area contributed by atoms with Crippen molar-refractivity contribution in [1.29, 1.82) is 0 Å². The van der Waals surface area contributed by atoms with Crippen LogP contribution in [0.15, 0.2) is 0 Å². The van der Waals surface area contributed by atoms with Gasteiger partial charge >= 0.3 is 0 Å². The SMILES string of the molecule is O=CC1C2COCC12. The molecule has 0 radical (unpaired) electrons. The molecule has 2 unspecified atom stereocenters. The Bertz CT molecular complexity index is 112. The molecule has 1 aliphatic carbocycles. The zero-order valence-corrected chi connectivity index (χ0v) is 4.54. The van der Waals surface area contributed by atoms with E-state index in [1.807, 2.05) is 0 Å². The van der Waals surface area contributed by atoms with Crippen LogP contribution in [0.1, 0.15) is 0 Å². The Morgan fingerprint density at radius 1 is 1.38 bits per heavy atom. The summed E-state index contributed by atoms with van der Waals surface area (Å²) in [6.07, 6.45) is 1.07. The van der Waals surface area contributed by atoms with Gasteiger partial charge < -0.3 is 9.53 Å². The minimum Gasteiger partial charge on any atom is -0.381 e. The maximum Gasteiger partial charge on any atom is 0.123 e. The van der Waals surface area contributed by atoms with Crippen molar-refractivity contribution in [2.24, 2.45) is 17.8 Å². The zero-order valence-electron chi connectivity index (χ0n) is 4.54. The van der Waals surface area contributed by atoms with Gasteiger partial charge in [0, 0.05) is 5.92 Å². The average Bonchev–Trinajstić information content (AvgIpc) is 2.22. The van der Waals surface area contributed by atoms with E-state index in [0.717, 1.165) is 19.5 Å². The van der Waals surface area contributed by atoms with Gasteiger partial charge in [0.25, 0.3) is 0 Å². The molecule has 2 rings (SSSR count). The molecular weight excluding hydrogens is 104 g/mol. The predicted molar refractivity (Wildman–Crippen MR) is 27.4 cm³/mol. The topological polar surface area (TPSA) is 26.3 Å². The minimum absolute atomic E-state index is 0.365. The van der Waals surface area contributed by atoms with E-state index in [1.165, 1.54) is 0 Å². The molecule has 0 N–H and O–H groups in total. The van der Waals surface area contributed by atoms with Gasteiger partial charge in [0.15, 0.2) is 0 Å². The minimum atomic E-state index is 0.365. The molecule has 0 aromatic rings. The van der Waals surface area contributed by atoms with Crippen LogP contribution in [0.3, 0.4) is 0 Å². The predicted octanol–water partition coefficient (Wildman–Crippen LogP) is 0.0777. The van der Waals surface area contributed by atoms with E-state index < -0.39 is 0 Å². The summed E-state index contributed by atoms with van der Waals surface area (Å²) in [4.78, 5) is 10.1. The second kappa shape index (κ2) is 1.32. The quantitative estimate of drug-likeness (QED) is 0.449. The molecule has 2 aliphatic rings. The monoisotopic (exact) mass is 112 g/mol. The maximum atomic E-state index is 10.1. The van der Waals surface area contributed by atoms with Crippen LogP contribution < -0.4 is 0 Å². The molecule has 1 heterocycles. The summed E-state index contributed by atoms with van der Waals surface area (Å²) in [5.41, 5.74) is 0. The van der Waals surface area contributed by atoms with E-state index in [2.05, 4.69) is 0 Å². The van der Waals surface area contributed by atoms with Crippen LogP contribution in [-0.4, -0.2) is 19.5 Å². The first kappa shape index (κ1) is 4.50. The molecule has 1 saturated carbocycles. The first-order valence-electron chi connectivity index (χ1n) is 2.96. The van der Waals surface area contributed by atoms with Gasteiger partial charge in [-0.3, -0.25) is 0 Å². The standard InChI is InChI=1S/C6H8O2/c7-1-4-5-2-8-3-6(4)5/h1,4-6H,2-3H2. The molecule has 0 aromatic carbocycles. The Kier molecular flexibility index (Phi) is 0.742. The number of carbonyl (C=O) groups excluding carboxylic acids is 1. The second-order valence-electron chi connectivity index (χ2n) is 2.58. The molecule has 2 fully saturated rings. The molecule has 0 spiro atoms. The Morgan fingerprint density at radius 3 is 2.38 bits per heavy atom.